The highest BCUT2D eigenvalue weighted by atomic mass is 35.5. The van der Waals surface area contributed by atoms with Gasteiger partial charge in [-0.3, -0.25) is 0 Å². The van der Waals surface area contributed by atoms with E-state index in [2.05, 4.69) is 17.4 Å². The second kappa shape index (κ2) is 7.06. The number of aryl methyl sites for hydroxylation is 1. The summed E-state index contributed by atoms with van der Waals surface area (Å²) in [7, 11) is 1.72. The van der Waals surface area contributed by atoms with Gasteiger partial charge in [0.25, 0.3) is 0 Å². The highest BCUT2D eigenvalue weighted by molar-refractivity contribution is 6.30. The largest absolute Gasteiger partial charge is 0.497 e. The van der Waals surface area contributed by atoms with Crippen molar-refractivity contribution in [1.82, 2.24) is 0 Å². The molecule has 1 aliphatic carbocycles. The monoisotopic (exact) mass is 323 g/mol. The summed E-state index contributed by atoms with van der Waals surface area (Å²) < 4.78 is 5.31. The second-order valence-electron chi connectivity index (χ2n) is 5.23. The average molecular weight is 324 g/mol. The van der Waals surface area contributed by atoms with E-state index in [-0.39, 0.29) is 12.4 Å². The number of methoxy groups -OCH3 is 1. The molecule has 4 heteroatoms. The first-order valence-electron chi connectivity index (χ1n) is 6.92. The molecule has 2 nitrogen and oxygen atoms in total. The SMILES string of the molecule is COc1ccc2c(c1)CC(Nc1ccc(Cl)cc1)CC2.Cl. The summed E-state index contributed by atoms with van der Waals surface area (Å²) in [5.41, 5.74) is 3.97. The number of hydrogen-bond donors (Lipinski definition) is 1. The molecule has 2 aromatic rings. The lowest BCUT2D eigenvalue weighted by molar-refractivity contribution is 0.413. The molecule has 112 valence electrons. The molecule has 3 rings (SSSR count). The van der Waals surface area contributed by atoms with Gasteiger partial charge < -0.3 is 10.1 Å². The first kappa shape index (κ1) is 16.0. The molecule has 0 heterocycles. The molecule has 1 unspecified atom stereocenters. The van der Waals surface area contributed by atoms with Crippen LogP contribution in [0.2, 0.25) is 5.02 Å². The highest BCUT2D eigenvalue weighted by Gasteiger charge is 2.18. The van der Waals surface area contributed by atoms with Gasteiger partial charge in [0.1, 0.15) is 5.75 Å². The Hall–Kier alpha value is -1.38. The van der Waals surface area contributed by atoms with Gasteiger partial charge >= 0.3 is 0 Å². The topological polar surface area (TPSA) is 21.3 Å². The van der Waals surface area contributed by atoms with Crippen LogP contribution in [0.5, 0.6) is 5.75 Å². The van der Waals surface area contributed by atoms with E-state index in [0.717, 1.165) is 35.7 Å². The smallest absolute Gasteiger partial charge is 0.119 e. The van der Waals surface area contributed by atoms with E-state index in [1.165, 1.54) is 11.1 Å². The summed E-state index contributed by atoms with van der Waals surface area (Å²) in [4.78, 5) is 0. The van der Waals surface area contributed by atoms with Crippen LogP contribution >= 0.6 is 24.0 Å². The van der Waals surface area contributed by atoms with E-state index in [1.54, 1.807) is 7.11 Å². The molecule has 0 radical (unpaired) electrons. The molecule has 0 aliphatic heterocycles. The summed E-state index contributed by atoms with van der Waals surface area (Å²) in [6, 6.07) is 14.8. The molecular formula is C17H19Cl2NO. The van der Waals surface area contributed by atoms with Crippen molar-refractivity contribution in [3.8, 4) is 5.75 Å². The lowest BCUT2D eigenvalue weighted by Crippen LogP contribution is -2.27. The molecule has 1 N–H and O–H groups in total. The van der Waals surface area contributed by atoms with Gasteiger partial charge in [0.15, 0.2) is 0 Å². The van der Waals surface area contributed by atoms with Gasteiger partial charge in [-0.15, -0.1) is 12.4 Å². The number of halogens is 2. The van der Waals surface area contributed by atoms with E-state index in [0.29, 0.717) is 6.04 Å². The molecule has 1 aliphatic rings. The van der Waals surface area contributed by atoms with Crippen LogP contribution in [0.4, 0.5) is 5.69 Å². The molecular weight excluding hydrogens is 305 g/mol. The van der Waals surface area contributed by atoms with Gasteiger partial charge in [-0.2, -0.15) is 0 Å². The van der Waals surface area contributed by atoms with Crippen LogP contribution in [0.15, 0.2) is 42.5 Å². The maximum Gasteiger partial charge on any atom is 0.119 e. The molecule has 0 spiro atoms. The van der Waals surface area contributed by atoms with Crippen molar-refractivity contribution in [1.29, 1.82) is 0 Å². The molecule has 0 saturated heterocycles. The van der Waals surface area contributed by atoms with Gasteiger partial charge in [0, 0.05) is 16.8 Å². The summed E-state index contributed by atoms with van der Waals surface area (Å²) in [5, 5.41) is 4.36. The Morgan fingerprint density at radius 2 is 1.86 bits per heavy atom. The first-order chi connectivity index (χ1) is 9.74. The van der Waals surface area contributed by atoms with Crippen molar-refractivity contribution in [3.05, 3.63) is 58.6 Å². The maximum absolute atomic E-state index is 5.91. The Bertz CT molecular complexity index is 598. The van der Waals surface area contributed by atoms with Gasteiger partial charge in [-0.05, 0) is 66.8 Å². The fourth-order valence-electron chi connectivity index (χ4n) is 2.77. The van der Waals surface area contributed by atoms with E-state index < -0.39 is 0 Å². The number of ether oxygens (including phenoxy) is 1. The Balaban J connectivity index is 0.00000161. The number of benzene rings is 2. The van der Waals surface area contributed by atoms with Crippen LogP contribution in [-0.4, -0.2) is 13.2 Å². The third-order valence-corrected chi connectivity index (χ3v) is 4.11. The van der Waals surface area contributed by atoms with Crippen molar-refractivity contribution < 1.29 is 4.74 Å². The maximum atomic E-state index is 5.91. The second-order valence-corrected chi connectivity index (χ2v) is 5.66. The molecule has 1 atom stereocenters. The average Bonchev–Trinajstić information content (AvgIpc) is 2.49. The van der Waals surface area contributed by atoms with Gasteiger partial charge in [0.05, 0.1) is 7.11 Å². The summed E-state index contributed by atoms with van der Waals surface area (Å²) in [5.74, 6) is 0.941. The normalized spacial score (nSPS) is 16.6. The zero-order chi connectivity index (χ0) is 13.9. The number of nitrogens with one attached hydrogen (secondary N) is 1. The summed E-state index contributed by atoms with van der Waals surface area (Å²) in [6.45, 7) is 0. The van der Waals surface area contributed by atoms with Crippen molar-refractivity contribution in [3.63, 3.8) is 0 Å². The number of fused-ring (bicyclic) bond motifs is 1. The fourth-order valence-corrected chi connectivity index (χ4v) is 2.89. The quantitative estimate of drug-likeness (QED) is 0.880. The summed E-state index contributed by atoms with van der Waals surface area (Å²) >= 11 is 5.91. The molecule has 0 amide bonds. The first-order valence-corrected chi connectivity index (χ1v) is 7.30. The Labute approximate surface area is 136 Å². The summed E-state index contributed by atoms with van der Waals surface area (Å²) in [6.07, 6.45) is 3.31. The van der Waals surface area contributed by atoms with Crippen LogP contribution in [0.3, 0.4) is 0 Å². The van der Waals surface area contributed by atoms with Crippen molar-refractivity contribution >= 4 is 29.7 Å². The molecule has 21 heavy (non-hydrogen) atoms. The lowest BCUT2D eigenvalue weighted by atomic mass is 9.88. The van der Waals surface area contributed by atoms with Crippen LogP contribution in [0, 0.1) is 0 Å². The van der Waals surface area contributed by atoms with Crippen LogP contribution in [0.1, 0.15) is 17.5 Å². The van der Waals surface area contributed by atoms with E-state index in [9.17, 15) is 0 Å². The number of hydrogen-bond acceptors (Lipinski definition) is 2. The minimum atomic E-state index is 0. The molecule has 0 aromatic heterocycles. The third-order valence-electron chi connectivity index (χ3n) is 3.86. The van der Waals surface area contributed by atoms with Crippen LogP contribution in [-0.2, 0) is 12.8 Å². The zero-order valence-corrected chi connectivity index (χ0v) is 13.5. The number of anilines is 1. The predicted octanol–water partition coefficient (Wildman–Crippen LogP) is 4.74. The lowest BCUT2D eigenvalue weighted by Gasteiger charge is -2.26. The van der Waals surface area contributed by atoms with Crippen LogP contribution in [0.25, 0.3) is 0 Å². The van der Waals surface area contributed by atoms with Gasteiger partial charge in [-0.1, -0.05) is 17.7 Å². The Morgan fingerprint density at radius 1 is 1.10 bits per heavy atom. The molecule has 2 aromatic carbocycles. The predicted molar refractivity (Wildman–Crippen MR) is 91.1 cm³/mol. The van der Waals surface area contributed by atoms with Crippen molar-refractivity contribution in [2.24, 2.45) is 0 Å². The van der Waals surface area contributed by atoms with E-state index >= 15 is 0 Å². The Morgan fingerprint density at radius 3 is 2.57 bits per heavy atom. The van der Waals surface area contributed by atoms with Crippen LogP contribution < -0.4 is 10.1 Å². The number of rotatable bonds is 3. The van der Waals surface area contributed by atoms with Crippen molar-refractivity contribution in [2.75, 3.05) is 12.4 Å². The third kappa shape index (κ3) is 3.84. The van der Waals surface area contributed by atoms with E-state index in [1.807, 2.05) is 30.3 Å². The van der Waals surface area contributed by atoms with Gasteiger partial charge in [-0.25, -0.2) is 0 Å². The fraction of sp³-hybridized carbons (Fsp3) is 0.294. The standard InChI is InChI=1S/C17H18ClNO.ClH/c1-20-17-9-3-12-2-6-16(10-13(12)11-17)19-15-7-4-14(18)5-8-15;/h3-5,7-9,11,16,19H,2,6,10H2,1H3;1H. The molecule has 0 bridgehead atoms. The highest BCUT2D eigenvalue weighted by Crippen LogP contribution is 2.27. The minimum Gasteiger partial charge on any atom is -0.497 e. The zero-order valence-electron chi connectivity index (χ0n) is 11.9. The molecule has 0 saturated carbocycles. The van der Waals surface area contributed by atoms with Gasteiger partial charge in [0.2, 0.25) is 0 Å². The van der Waals surface area contributed by atoms with Crippen molar-refractivity contribution in [2.45, 2.75) is 25.3 Å². The molecule has 0 fully saturated rings. The Kier molecular flexibility index (Phi) is 5.38. The minimum absolute atomic E-state index is 0. The van der Waals surface area contributed by atoms with E-state index in [4.69, 9.17) is 16.3 Å².